The van der Waals surface area contributed by atoms with Gasteiger partial charge in [-0.2, -0.15) is 13.2 Å². The number of aromatic amines is 1. The number of nitrogens with one attached hydrogen (secondary N) is 1. The molecule has 0 radical (unpaired) electrons. The highest BCUT2D eigenvalue weighted by molar-refractivity contribution is 5.61. The molecule has 0 unspecified atom stereocenters. The Balaban J connectivity index is 1.45. The summed E-state index contributed by atoms with van der Waals surface area (Å²) in [7, 11) is 0. The van der Waals surface area contributed by atoms with Crippen LogP contribution in [0.1, 0.15) is 35.7 Å². The van der Waals surface area contributed by atoms with E-state index in [2.05, 4.69) is 9.88 Å². The first kappa shape index (κ1) is 20.5. The first-order valence-electron chi connectivity index (χ1n) is 10.1. The molecule has 1 aliphatic heterocycles. The van der Waals surface area contributed by atoms with Crippen molar-refractivity contribution in [3.05, 3.63) is 81.9 Å². The van der Waals surface area contributed by atoms with E-state index in [9.17, 15) is 18.0 Å². The van der Waals surface area contributed by atoms with Crippen molar-refractivity contribution in [2.24, 2.45) is 0 Å². The highest BCUT2D eigenvalue weighted by atomic mass is 19.4. The van der Waals surface area contributed by atoms with Gasteiger partial charge in [0.15, 0.2) is 0 Å². The van der Waals surface area contributed by atoms with Crippen molar-refractivity contribution < 1.29 is 13.2 Å². The van der Waals surface area contributed by atoms with E-state index in [1.165, 1.54) is 12.1 Å². The molecule has 1 fully saturated rings. The molecule has 30 heavy (non-hydrogen) atoms. The number of alkyl halides is 3. The van der Waals surface area contributed by atoms with E-state index < -0.39 is 11.7 Å². The molecule has 1 aromatic heterocycles. The van der Waals surface area contributed by atoms with Gasteiger partial charge in [-0.25, -0.2) is 4.79 Å². The zero-order valence-corrected chi connectivity index (χ0v) is 16.7. The highest BCUT2D eigenvalue weighted by Crippen LogP contribution is 2.31. The Hall–Kier alpha value is -2.80. The third-order valence-electron chi connectivity index (χ3n) is 5.82. The largest absolute Gasteiger partial charge is 0.416 e. The summed E-state index contributed by atoms with van der Waals surface area (Å²) in [6.07, 6.45) is -2.76. The van der Waals surface area contributed by atoms with Gasteiger partial charge in [-0.15, -0.1) is 0 Å². The average Bonchev–Trinajstić information content (AvgIpc) is 3.03. The van der Waals surface area contributed by atoms with E-state index >= 15 is 0 Å². The van der Waals surface area contributed by atoms with Crippen LogP contribution in [0.2, 0.25) is 0 Å². The standard InChI is InChI=1S/C23H24F3N3O/c1-16-21(18-7-3-2-4-8-18)27-22(30)29(16)20-10-12-28(13-11-20)15-17-6-5-9-19(14-17)23(24,25)26/h2-9,14,20H,10-13,15H2,1H3,(H,27,30). The zero-order chi connectivity index (χ0) is 21.3. The molecule has 2 heterocycles. The molecular formula is C23H24F3N3O. The van der Waals surface area contributed by atoms with Crippen LogP contribution in [0.5, 0.6) is 0 Å². The van der Waals surface area contributed by atoms with Crippen LogP contribution in [0.3, 0.4) is 0 Å². The maximum absolute atomic E-state index is 12.9. The second-order valence-corrected chi connectivity index (χ2v) is 7.83. The van der Waals surface area contributed by atoms with Crippen LogP contribution in [-0.2, 0) is 12.7 Å². The van der Waals surface area contributed by atoms with Gasteiger partial charge >= 0.3 is 11.9 Å². The van der Waals surface area contributed by atoms with Crippen LogP contribution < -0.4 is 5.69 Å². The summed E-state index contributed by atoms with van der Waals surface area (Å²) in [5.74, 6) is 0. The van der Waals surface area contributed by atoms with Crippen molar-refractivity contribution in [1.82, 2.24) is 14.5 Å². The molecular weight excluding hydrogens is 391 g/mol. The molecule has 0 aliphatic carbocycles. The summed E-state index contributed by atoms with van der Waals surface area (Å²) in [6, 6.07) is 15.4. The lowest BCUT2D eigenvalue weighted by Crippen LogP contribution is -2.37. The van der Waals surface area contributed by atoms with Crippen LogP contribution in [0.15, 0.2) is 59.4 Å². The lowest BCUT2D eigenvalue weighted by atomic mass is 10.0. The van der Waals surface area contributed by atoms with E-state index in [1.54, 1.807) is 6.07 Å². The Labute approximate surface area is 173 Å². The van der Waals surface area contributed by atoms with E-state index in [0.717, 1.165) is 48.9 Å². The summed E-state index contributed by atoms with van der Waals surface area (Å²) in [5, 5.41) is 0. The molecule has 0 atom stereocenters. The maximum atomic E-state index is 12.9. The summed E-state index contributed by atoms with van der Waals surface area (Å²) in [5.41, 5.74) is 2.67. The van der Waals surface area contributed by atoms with Crippen LogP contribution >= 0.6 is 0 Å². The van der Waals surface area contributed by atoms with Gasteiger partial charge in [0.25, 0.3) is 0 Å². The third kappa shape index (κ3) is 4.21. The number of imidazole rings is 1. The smallest absolute Gasteiger partial charge is 0.305 e. The summed E-state index contributed by atoms with van der Waals surface area (Å²) in [6.45, 7) is 3.90. The Morgan fingerprint density at radius 2 is 1.73 bits per heavy atom. The Kier molecular flexibility index (Phi) is 5.56. The molecule has 1 N–H and O–H groups in total. The van der Waals surface area contributed by atoms with Gasteiger partial charge in [0, 0.05) is 31.4 Å². The van der Waals surface area contributed by atoms with Gasteiger partial charge < -0.3 is 4.98 Å². The molecule has 4 nitrogen and oxygen atoms in total. The minimum atomic E-state index is -4.33. The van der Waals surface area contributed by atoms with Crippen molar-refractivity contribution in [2.45, 2.75) is 38.5 Å². The van der Waals surface area contributed by atoms with Crippen LogP contribution in [0, 0.1) is 6.92 Å². The lowest BCUT2D eigenvalue weighted by molar-refractivity contribution is -0.137. The van der Waals surface area contributed by atoms with Gasteiger partial charge in [0.1, 0.15) is 0 Å². The van der Waals surface area contributed by atoms with E-state index in [-0.39, 0.29) is 11.7 Å². The molecule has 7 heteroatoms. The monoisotopic (exact) mass is 415 g/mol. The number of halogens is 3. The first-order chi connectivity index (χ1) is 14.3. The second kappa shape index (κ2) is 8.14. The fourth-order valence-electron chi connectivity index (χ4n) is 4.30. The number of likely N-dealkylation sites (tertiary alicyclic amines) is 1. The maximum Gasteiger partial charge on any atom is 0.416 e. The summed E-state index contributed by atoms with van der Waals surface area (Å²) < 4.78 is 40.6. The molecule has 0 saturated carbocycles. The molecule has 0 amide bonds. The number of aromatic nitrogens is 2. The van der Waals surface area contributed by atoms with Crippen molar-refractivity contribution in [2.75, 3.05) is 13.1 Å². The van der Waals surface area contributed by atoms with Crippen LogP contribution in [0.4, 0.5) is 13.2 Å². The second-order valence-electron chi connectivity index (χ2n) is 7.83. The SMILES string of the molecule is Cc1c(-c2ccccc2)[nH]c(=O)n1C1CCN(Cc2cccc(C(F)(F)F)c2)CC1. The molecule has 0 spiro atoms. The molecule has 1 saturated heterocycles. The number of benzene rings is 2. The number of hydrogen-bond acceptors (Lipinski definition) is 2. The van der Waals surface area contributed by atoms with Crippen molar-refractivity contribution in [1.29, 1.82) is 0 Å². The topological polar surface area (TPSA) is 41.0 Å². The Morgan fingerprint density at radius 1 is 1.03 bits per heavy atom. The Morgan fingerprint density at radius 3 is 2.40 bits per heavy atom. The number of H-pyrrole nitrogens is 1. The third-order valence-corrected chi connectivity index (χ3v) is 5.82. The fourth-order valence-corrected chi connectivity index (χ4v) is 4.30. The van der Waals surface area contributed by atoms with Crippen molar-refractivity contribution >= 4 is 0 Å². The van der Waals surface area contributed by atoms with Crippen molar-refractivity contribution in [3.8, 4) is 11.3 Å². The summed E-state index contributed by atoms with van der Waals surface area (Å²) in [4.78, 5) is 17.8. The van der Waals surface area contributed by atoms with Crippen LogP contribution in [-0.4, -0.2) is 27.5 Å². The quantitative estimate of drug-likeness (QED) is 0.651. The molecule has 0 bridgehead atoms. The molecule has 2 aromatic carbocycles. The average molecular weight is 415 g/mol. The number of nitrogens with zero attached hydrogens (tertiary/aromatic N) is 2. The van der Waals surface area contributed by atoms with Gasteiger partial charge in [0.2, 0.25) is 0 Å². The van der Waals surface area contributed by atoms with E-state index in [1.807, 2.05) is 41.8 Å². The van der Waals surface area contributed by atoms with Crippen molar-refractivity contribution in [3.63, 3.8) is 0 Å². The number of rotatable bonds is 4. The predicted molar refractivity (Wildman–Crippen MR) is 110 cm³/mol. The van der Waals surface area contributed by atoms with Crippen LogP contribution in [0.25, 0.3) is 11.3 Å². The van der Waals surface area contributed by atoms with Gasteiger partial charge in [-0.1, -0.05) is 48.5 Å². The van der Waals surface area contributed by atoms with Gasteiger partial charge in [0.05, 0.1) is 11.3 Å². The predicted octanol–water partition coefficient (Wildman–Crippen LogP) is 5.01. The normalized spacial score (nSPS) is 16.1. The first-order valence-corrected chi connectivity index (χ1v) is 10.1. The summed E-state index contributed by atoms with van der Waals surface area (Å²) >= 11 is 0. The zero-order valence-electron chi connectivity index (χ0n) is 16.7. The Bertz CT molecular complexity index is 1060. The van der Waals surface area contributed by atoms with E-state index in [4.69, 9.17) is 0 Å². The van der Waals surface area contributed by atoms with Gasteiger partial charge in [-0.05, 0) is 37.0 Å². The molecule has 4 rings (SSSR count). The highest BCUT2D eigenvalue weighted by Gasteiger charge is 2.31. The minimum Gasteiger partial charge on any atom is -0.305 e. The number of piperidine rings is 1. The minimum absolute atomic E-state index is 0.0870. The van der Waals surface area contributed by atoms with E-state index in [0.29, 0.717) is 12.1 Å². The molecule has 1 aliphatic rings. The molecule has 3 aromatic rings. The number of hydrogen-bond donors (Lipinski definition) is 1. The van der Waals surface area contributed by atoms with Gasteiger partial charge in [-0.3, -0.25) is 9.47 Å². The lowest BCUT2D eigenvalue weighted by Gasteiger charge is -2.33. The fraction of sp³-hybridized carbons (Fsp3) is 0.348. The molecule has 158 valence electrons.